The van der Waals surface area contributed by atoms with Crippen LogP contribution in [0, 0.1) is 5.92 Å². The molecule has 3 heteroatoms. The van der Waals surface area contributed by atoms with Crippen molar-refractivity contribution >= 4 is 15.9 Å². The summed E-state index contributed by atoms with van der Waals surface area (Å²) < 4.78 is 1.07. The van der Waals surface area contributed by atoms with Gasteiger partial charge >= 0.3 is 0 Å². The number of rotatable bonds is 3. The van der Waals surface area contributed by atoms with Gasteiger partial charge in [0.25, 0.3) is 0 Å². The molecule has 0 radical (unpaired) electrons. The van der Waals surface area contributed by atoms with Crippen LogP contribution in [0.2, 0.25) is 0 Å². The minimum Gasteiger partial charge on any atom is -0.299 e. The van der Waals surface area contributed by atoms with Crippen molar-refractivity contribution < 1.29 is 0 Å². The molecule has 0 aliphatic heterocycles. The molecule has 1 aromatic rings. The van der Waals surface area contributed by atoms with Crippen LogP contribution in [-0.2, 0) is 6.54 Å². The lowest BCUT2D eigenvalue weighted by molar-refractivity contribution is 0.133. The largest absolute Gasteiger partial charge is 0.299 e. The highest BCUT2D eigenvalue weighted by atomic mass is 79.9. The molecule has 0 N–H and O–H groups in total. The summed E-state index contributed by atoms with van der Waals surface area (Å²) in [5.41, 5.74) is 1.29. The fraction of sp³-hybridized carbons (Fsp3) is 0.643. The average Bonchev–Trinajstić information content (AvgIpc) is 2.29. The van der Waals surface area contributed by atoms with Gasteiger partial charge in [0.2, 0.25) is 0 Å². The molecule has 2 unspecified atom stereocenters. The summed E-state index contributed by atoms with van der Waals surface area (Å²) >= 11 is 3.48. The van der Waals surface area contributed by atoms with E-state index in [2.05, 4.69) is 45.9 Å². The Balaban J connectivity index is 1.98. The SMILES string of the molecule is CC1CCCCC1N(C)Cc1cncc(Br)c1. The second-order valence-electron chi connectivity index (χ2n) is 5.26. The number of hydrogen-bond donors (Lipinski definition) is 0. The molecule has 0 aromatic carbocycles. The van der Waals surface area contributed by atoms with E-state index in [1.54, 1.807) is 0 Å². The molecule has 2 atom stereocenters. The zero-order valence-electron chi connectivity index (χ0n) is 10.7. The monoisotopic (exact) mass is 296 g/mol. The highest BCUT2D eigenvalue weighted by Crippen LogP contribution is 2.28. The van der Waals surface area contributed by atoms with Gasteiger partial charge in [-0.1, -0.05) is 19.8 Å². The summed E-state index contributed by atoms with van der Waals surface area (Å²) in [6, 6.07) is 2.90. The summed E-state index contributed by atoms with van der Waals surface area (Å²) in [5, 5.41) is 0. The van der Waals surface area contributed by atoms with E-state index in [0.717, 1.165) is 23.0 Å². The lowest BCUT2D eigenvalue weighted by Gasteiger charge is -2.36. The first-order chi connectivity index (χ1) is 8.16. The Bertz CT molecular complexity index is 367. The van der Waals surface area contributed by atoms with Gasteiger partial charge in [0, 0.05) is 29.5 Å². The van der Waals surface area contributed by atoms with Gasteiger partial charge in [-0.15, -0.1) is 0 Å². The van der Waals surface area contributed by atoms with Crippen LogP contribution >= 0.6 is 15.9 Å². The Morgan fingerprint density at radius 1 is 1.35 bits per heavy atom. The van der Waals surface area contributed by atoms with Gasteiger partial charge in [-0.25, -0.2) is 0 Å². The highest BCUT2D eigenvalue weighted by molar-refractivity contribution is 9.10. The average molecular weight is 297 g/mol. The minimum absolute atomic E-state index is 0.739. The van der Waals surface area contributed by atoms with Gasteiger partial charge in [-0.3, -0.25) is 9.88 Å². The van der Waals surface area contributed by atoms with Crippen molar-refractivity contribution in [2.75, 3.05) is 7.05 Å². The van der Waals surface area contributed by atoms with Crippen molar-refractivity contribution in [3.63, 3.8) is 0 Å². The Morgan fingerprint density at radius 3 is 2.82 bits per heavy atom. The fourth-order valence-corrected chi connectivity index (χ4v) is 3.31. The molecule has 0 bridgehead atoms. The molecule has 1 saturated carbocycles. The lowest BCUT2D eigenvalue weighted by atomic mass is 9.85. The topological polar surface area (TPSA) is 16.1 Å². The highest BCUT2D eigenvalue weighted by Gasteiger charge is 2.24. The van der Waals surface area contributed by atoms with E-state index < -0.39 is 0 Å². The van der Waals surface area contributed by atoms with Gasteiger partial charge in [-0.2, -0.15) is 0 Å². The van der Waals surface area contributed by atoms with Gasteiger partial charge < -0.3 is 0 Å². The van der Waals surface area contributed by atoms with Gasteiger partial charge in [-0.05, 0) is 53.4 Å². The molecule has 0 spiro atoms. The van der Waals surface area contributed by atoms with Gasteiger partial charge in [0.1, 0.15) is 0 Å². The molecule has 17 heavy (non-hydrogen) atoms. The quantitative estimate of drug-likeness (QED) is 0.842. The molecule has 2 nitrogen and oxygen atoms in total. The van der Waals surface area contributed by atoms with Crippen LogP contribution in [0.5, 0.6) is 0 Å². The van der Waals surface area contributed by atoms with E-state index in [0.29, 0.717) is 0 Å². The first-order valence-corrected chi connectivity index (χ1v) is 7.26. The minimum atomic E-state index is 0.739. The van der Waals surface area contributed by atoms with Crippen LogP contribution in [0.1, 0.15) is 38.2 Å². The van der Waals surface area contributed by atoms with Gasteiger partial charge in [0.05, 0.1) is 0 Å². The molecule has 1 fully saturated rings. The summed E-state index contributed by atoms with van der Waals surface area (Å²) in [6.45, 7) is 3.39. The zero-order chi connectivity index (χ0) is 12.3. The Labute approximate surface area is 113 Å². The Hall–Kier alpha value is -0.410. The van der Waals surface area contributed by atoms with Gasteiger partial charge in [0.15, 0.2) is 0 Å². The van der Waals surface area contributed by atoms with Crippen molar-refractivity contribution in [1.29, 1.82) is 0 Å². The number of halogens is 1. The Kier molecular flexibility index (Phi) is 4.57. The molecule has 94 valence electrons. The first-order valence-electron chi connectivity index (χ1n) is 6.46. The molecule has 2 rings (SSSR count). The van der Waals surface area contributed by atoms with Crippen LogP contribution < -0.4 is 0 Å². The third-order valence-electron chi connectivity index (χ3n) is 3.83. The third-order valence-corrected chi connectivity index (χ3v) is 4.26. The first kappa shape index (κ1) is 13.0. The molecule has 1 aromatic heterocycles. The zero-order valence-corrected chi connectivity index (χ0v) is 12.3. The van der Waals surface area contributed by atoms with Crippen molar-refractivity contribution in [3.8, 4) is 0 Å². The van der Waals surface area contributed by atoms with Crippen molar-refractivity contribution in [2.24, 2.45) is 5.92 Å². The number of hydrogen-bond acceptors (Lipinski definition) is 2. The van der Waals surface area contributed by atoms with E-state index >= 15 is 0 Å². The summed E-state index contributed by atoms with van der Waals surface area (Å²) in [6.07, 6.45) is 9.33. The van der Waals surface area contributed by atoms with Crippen LogP contribution in [0.25, 0.3) is 0 Å². The predicted molar refractivity (Wildman–Crippen MR) is 74.8 cm³/mol. The normalized spacial score (nSPS) is 25.2. The van der Waals surface area contributed by atoms with Crippen molar-refractivity contribution in [1.82, 2.24) is 9.88 Å². The van der Waals surface area contributed by atoms with Crippen molar-refractivity contribution in [3.05, 3.63) is 28.5 Å². The van der Waals surface area contributed by atoms with Crippen molar-refractivity contribution in [2.45, 2.75) is 45.2 Å². The smallest absolute Gasteiger partial charge is 0.0410 e. The maximum Gasteiger partial charge on any atom is 0.0410 e. The lowest BCUT2D eigenvalue weighted by Crippen LogP contribution is -2.38. The Morgan fingerprint density at radius 2 is 2.12 bits per heavy atom. The maximum absolute atomic E-state index is 4.23. The molecular weight excluding hydrogens is 276 g/mol. The van der Waals surface area contributed by atoms with Crippen LogP contribution in [0.3, 0.4) is 0 Å². The molecule has 0 amide bonds. The van der Waals surface area contributed by atoms with Crippen LogP contribution in [0.4, 0.5) is 0 Å². The van der Waals surface area contributed by atoms with E-state index in [9.17, 15) is 0 Å². The van der Waals surface area contributed by atoms with E-state index in [4.69, 9.17) is 0 Å². The van der Waals surface area contributed by atoms with E-state index in [1.165, 1.54) is 31.2 Å². The number of pyridine rings is 1. The van der Waals surface area contributed by atoms with Crippen LogP contribution in [0.15, 0.2) is 22.9 Å². The number of aromatic nitrogens is 1. The summed E-state index contributed by atoms with van der Waals surface area (Å²) in [5.74, 6) is 0.828. The predicted octanol–water partition coefficient (Wildman–Crippen LogP) is 3.85. The standard InChI is InChI=1S/C14H21BrN2/c1-11-5-3-4-6-14(11)17(2)10-12-7-13(15)9-16-8-12/h7-9,11,14H,3-6,10H2,1-2H3. The summed E-state index contributed by atoms with van der Waals surface area (Å²) in [7, 11) is 2.24. The third kappa shape index (κ3) is 3.52. The molecular formula is C14H21BrN2. The molecule has 0 saturated heterocycles. The van der Waals surface area contributed by atoms with E-state index in [1.807, 2.05) is 12.4 Å². The molecule has 1 aliphatic carbocycles. The second kappa shape index (κ2) is 5.96. The van der Waals surface area contributed by atoms with E-state index in [-0.39, 0.29) is 0 Å². The maximum atomic E-state index is 4.23. The molecule has 1 aliphatic rings. The second-order valence-corrected chi connectivity index (χ2v) is 6.17. The summed E-state index contributed by atoms with van der Waals surface area (Å²) in [4.78, 5) is 6.72. The molecule has 1 heterocycles. The fourth-order valence-electron chi connectivity index (χ4n) is 2.90. The number of nitrogens with zero attached hydrogens (tertiary/aromatic N) is 2. The van der Waals surface area contributed by atoms with Crippen LogP contribution in [-0.4, -0.2) is 23.0 Å².